The van der Waals surface area contributed by atoms with E-state index in [1.807, 2.05) is 63.5 Å². The number of hydrogen-bond acceptors (Lipinski definition) is 3. The highest BCUT2D eigenvalue weighted by atomic mass is 16.2. The monoisotopic (exact) mass is 245 g/mol. The molecule has 0 aliphatic carbocycles. The van der Waals surface area contributed by atoms with Gasteiger partial charge in [-0.1, -0.05) is 36.4 Å². The standard InChI is InChI=1S/C14H19N3O/c1-12(15-16-14(18)11-17(2)3)9-10-13-7-5-4-6-8-13/h4-10H,11H2,1-3H3,(H,16,18)/b10-9-,15-12+. The van der Waals surface area contributed by atoms with Crippen molar-refractivity contribution in [2.24, 2.45) is 5.10 Å². The van der Waals surface area contributed by atoms with Crippen LogP contribution in [0.2, 0.25) is 0 Å². The number of hydrazone groups is 1. The van der Waals surface area contributed by atoms with Gasteiger partial charge in [0.05, 0.1) is 12.3 Å². The molecule has 1 aromatic rings. The number of amides is 1. The molecule has 0 saturated carbocycles. The van der Waals surface area contributed by atoms with Gasteiger partial charge < -0.3 is 4.90 Å². The topological polar surface area (TPSA) is 44.7 Å². The molecular weight excluding hydrogens is 226 g/mol. The van der Waals surface area contributed by atoms with E-state index in [1.54, 1.807) is 4.90 Å². The first-order valence-corrected chi connectivity index (χ1v) is 5.79. The molecule has 0 bridgehead atoms. The Hall–Kier alpha value is -1.94. The van der Waals surface area contributed by atoms with Crippen LogP contribution in [0.5, 0.6) is 0 Å². The number of hydrogen-bond donors (Lipinski definition) is 1. The van der Waals surface area contributed by atoms with Crippen molar-refractivity contribution in [2.75, 3.05) is 20.6 Å². The van der Waals surface area contributed by atoms with E-state index in [-0.39, 0.29) is 5.91 Å². The Morgan fingerprint density at radius 3 is 2.61 bits per heavy atom. The Morgan fingerprint density at radius 2 is 2.00 bits per heavy atom. The fraction of sp³-hybridized carbons (Fsp3) is 0.286. The summed E-state index contributed by atoms with van der Waals surface area (Å²) in [5.41, 5.74) is 4.37. The molecule has 1 amide bonds. The van der Waals surface area contributed by atoms with E-state index in [0.29, 0.717) is 6.54 Å². The minimum atomic E-state index is -0.118. The van der Waals surface area contributed by atoms with Gasteiger partial charge in [0, 0.05) is 0 Å². The molecule has 4 nitrogen and oxygen atoms in total. The first kappa shape index (κ1) is 14.1. The summed E-state index contributed by atoms with van der Waals surface area (Å²) in [6.07, 6.45) is 3.82. The Balaban J connectivity index is 2.47. The van der Waals surface area contributed by atoms with Crippen LogP contribution in [0.3, 0.4) is 0 Å². The summed E-state index contributed by atoms with van der Waals surface area (Å²) in [5, 5.41) is 4.00. The number of nitrogens with one attached hydrogen (secondary N) is 1. The second-order valence-corrected chi connectivity index (χ2v) is 4.27. The molecule has 0 radical (unpaired) electrons. The Bertz CT molecular complexity index is 436. The minimum Gasteiger partial charge on any atom is -0.301 e. The highest BCUT2D eigenvalue weighted by Crippen LogP contribution is 2.00. The van der Waals surface area contributed by atoms with E-state index >= 15 is 0 Å². The van der Waals surface area contributed by atoms with E-state index in [2.05, 4.69) is 10.5 Å². The van der Waals surface area contributed by atoms with Crippen molar-refractivity contribution in [3.8, 4) is 0 Å². The molecule has 4 heteroatoms. The van der Waals surface area contributed by atoms with Crippen molar-refractivity contribution in [1.29, 1.82) is 0 Å². The summed E-state index contributed by atoms with van der Waals surface area (Å²) < 4.78 is 0. The van der Waals surface area contributed by atoms with Crippen LogP contribution in [0, 0.1) is 0 Å². The molecule has 0 atom stereocenters. The number of carbonyl (C=O) groups is 1. The van der Waals surface area contributed by atoms with Gasteiger partial charge in [0.15, 0.2) is 0 Å². The number of carbonyl (C=O) groups excluding carboxylic acids is 1. The fourth-order valence-electron chi connectivity index (χ4n) is 1.29. The molecule has 1 aromatic carbocycles. The van der Waals surface area contributed by atoms with Gasteiger partial charge in [0.1, 0.15) is 0 Å². The highest BCUT2D eigenvalue weighted by Gasteiger charge is 2.00. The van der Waals surface area contributed by atoms with Crippen LogP contribution in [0.4, 0.5) is 0 Å². The highest BCUT2D eigenvalue weighted by molar-refractivity contribution is 5.97. The van der Waals surface area contributed by atoms with Gasteiger partial charge in [0.25, 0.3) is 5.91 Å². The van der Waals surface area contributed by atoms with Crippen LogP contribution < -0.4 is 5.43 Å². The maximum absolute atomic E-state index is 11.3. The average Bonchev–Trinajstić information content (AvgIpc) is 2.34. The summed E-state index contributed by atoms with van der Waals surface area (Å²) in [7, 11) is 3.68. The van der Waals surface area contributed by atoms with Crippen LogP contribution in [-0.4, -0.2) is 37.2 Å². The molecule has 0 heterocycles. The summed E-state index contributed by atoms with van der Waals surface area (Å²) in [5.74, 6) is -0.118. The lowest BCUT2D eigenvalue weighted by Gasteiger charge is -2.07. The smallest absolute Gasteiger partial charge is 0.254 e. The lowest BCUT2D eigenvalue weighted by Crippen LogP contribution is -2.30. The molecule has 0 saturated heterocycles. The molecule has 0 aliphatic heterocycles. The summed E-state index contributed by atoms with van der Waals surface area (Å²) in [6.45, 7) is 2.18. The second kappa shape index (κ2) is 7.40. The molecular formula is C14H19N3O. The van der Waals surface area contributed by atoms with Crippen LogP contribution in [0.1, 0.15) is 12.5 Å². The second-order valence-electron chi connectivity index (χ2n) is 4.27. The first-order valence-electron chi connectivity index (χ1n) is 5.79. The number of allylic oxidation sites excluding steroid dienone is 1. The van der Waals surface area contributed by atoms with Gasteiger partial charge in [-0.25, -0.2) is 5.43 Å². The molecule has 96 valence electrons. The third-order valence-corrected chi connectivity index (χ3v) is 2.13. The van der Waals surface area contributed by atoms with Crippen LogP contribution >= 0.6 is 0 Å². The van der Waals surface area contributed by atoms with Crippen molar-refractivity contribution in [3.63, 3.8) is 0 Å². The van der Waals surface area contributed by atoms with Gasteiger partial charge in [-0.3, -0.25) is 4.79 Å². The van der Waals surface area contributed by atoms with Crippen molar-refractivity contribution in [2.45, 2.75) is 6.92 Å². The van der Waals surface area contributed by atoms with Gasteiger partial charge in [-0.05, 0) is 32.7 Å². The molecule has 18 heavy (non-hydrogen) atoms. The van der Waals surface area contributed by atoms with E-state index in [9.17, 15) is 4.79 Å². The van der Waals surface area contributed by atoms with E-state index in [1.165, 1.54) is 0 Å². The Morgan fingerprint density at radius 1 is 1.33 bits per heavy atom. The molecule has 0 aliphatic rings. The summed E-state index contributed by atoms with van der Waals surface area (Å²) in [4.78, 5) is 13.1. The van der Waals surface area contributed by atoms with Gasteiger partial charge in [-0.15, -0.1) is 0 Å². The largest absolute Gasteiger partial charge is 0.301 e. The number of benzene rings is 1. The maximum Gasteiger partial charge on any atom is 0.254 e. The van der Waals surface area contributed by atoms with Crippen LogP contribution in [0.15, 0.2) is 41.5 Å². The van der Waals surface area contributed by atoms with Crippen molar-refractivity contribution in [3.05, 3.63) is 42.0 Å². The Kier molecular flexibility index (Phi) is 5.80. The average molecular weight is 245 g/mol. The molecule has 0 spiro atoms. The third-order valence-electron chi connectivity index (χ3n) is 2.13. The number of likely N-dealkylation sites (N-methyl/N-ethyl adjacent to an activating group) is 1. The lowest BCUT2D eigenvalue weighted by molar-refractivity contribution is -0.121. The zero-order chi connectivity index (χ0) is 13.4. The zero-order valence-electron chi connectivity index (χ0n) is 11.1. The maximum atomic E-state index is 11.3. The molecule has 0 aromatic heterocycles. The minimum absolute atomic E-state index is 0.118. The van der Waals surface area contributed by atoms with Crippen LogP contribution in [0.25, 0.3) is 6.08 Å². The van der Waals surface area contributed by atoms with E-state index < -0.39 is 0 Å². The normalized spacial score (nSPS) is 12.1. The van der Waals surface area contributed by atoms with Gasteiger partial charge >= 0.3 is 0 Å². The summed E-state index contributed by atoms with van der Waals surface area (Å²) in [6, 6.07) is 9.94. The summed E-state index contributed by atoms with van der Waals surface area (Å²) >= 11 is 0. The molecule has 1 rings (SSSR count). The van der Waals surface area contributed by atoms with Gasteiger partial charge in [0.2, 0.25) is 0 Å². The number of nitrogens with zero attached hydrogens (tertiary/aromatic N) is 2. The Labute approximate surface area is 108 Å². The zero-order valence-corrected chi connectivity index (χ0v) is 11.1. The van der Waals surface area contributed by atoms with Crippen molar-refractivity contribution in [1.82, 2.24) is 10.3 Å². The van der Waals surface area contributed by atoms with Gasteiger partial charge in [-0.2, -0.15) is 5.10 Å². The number of rotatable bonds is 5. The molecule has 1 N–H and O–H groups in total. The van der Waals surface area contributed by atoms with E-state index in [4.69, 9.17) is 0 Å². The predicted molar refractivity (Wildman–Crippen MR) is 75.3 cm³/mol. The lowest BCUT2D eigenvalue weighted by atomic mass is 10.2. The predicted octanol–water partition coefficient (Wildman–Crippen LogP) is 1.75. The first-order chi connectivity index (χ1) is 8.58. The van der Waals surface area contributed by atoms with E-state index in [0.717, 1.165) is 11.3 Å². The molecule has 0 fully saturated rings. The van der Waals surface area contributed by atoms with Crippen molar-refractivity contribution < 1.29 is 4.79 Å². The van der Waals surface area contributed by atoms with Crippen molar-refractivity contribution >= 4 is 17.7 Å². The quantitative estimate of drug-likeness (QED) is 0.634. The fourth-order valence-corrected chi connectivity index (χ4v) is 1.29. The third kappa shape index (κ3) is 5.96. The SMILES string of the molecule is CC(/C=C\c1ccccc1)=N\NC(=O)CN(C)C. The molecule has 0 unspecified atom stereocenters. The van der Waals surface area contributed by atoms with Crippen LogP contribution in [-0.2, 0) is 4.79 Å².